The number of rotatable bonds is 6. The van der Waals surface area contributed by atoms with E-state index in [-0.39, 0.29) is 4.93 Å². The molecule has 1 saturated carbocycles. The zero-order chi connectivity index (χ0) is 12.4. The van der Waals surface area contributed by atoms with Gasteiger partial charge in [0.1, 0.15) is 4.93 Å². The second kappa shape index (κ2) is 5.36. The van der Waals surface area contributed by atoms with Gasteiger partial charge in [-0.05, 0) is 38.5 Å². The molecule has 1 heterocycles. The lowest BCUT2D eigenvalue weighted by atomic mass is 9.79. The summed E-state index contributed by atoms with van der Waals surface area (Å²) in [6.07, 6.45) is 11.0. The minimum atomic E-state index is 0.121. The minimum absolute atomic E-state index is 0.121. The Bertz CT molecular complexity index is 264. The zero-order valence-corrected chi connectivity index (χ0v) is 12.2. The van der Waals surface area contributed by atoms with Crippen LogP contribution in [0.15, 0.2) is 12.7 Å². The second-order valence-electron chi connectivity index (χ2n) is 5.70. The Morgan fingerprint density at radius 1 is 1.41 bits per heavy atom. The summed E-state index contributed by atoms with van der Waals surface area (Å²) >= 11 is 2.12. The summed E-state index contributed by atoms with van der Waals surface area (Å²) in [5.74, 6) is 0. The molecule has 1 saturated heterocycles. The van der Waals surface area contributed by atoms with Crippen LogP contribution in [0.1, 0.15) is 58.8 Å². The molecule has 0 N–H and O–H groups in total. The van der Waals surface area contributed by atoms with Crippen LogP contribution in [0.3, 0.4) is 0 Å². The van der Waals surface area contributed by atoms with Crippen molar-refractivity contribution in [2.45, 2.75) is 69.0 Å². The van der Waals surface area contributed by atoms with E-state index in [2.05, 4.69) is 38.3 Å². The molecule has 0 amide bonds. The van der Waals surface area contributed by atoms with E-state index in [0.29, 0.717) is 5.41 Å². The standard InChI is InChI=1S/C15H26OS/c1-4-7-13(3)17-15-10-6-9-14(15,8-5-2)11-12-16-15/h5,13H,2,4,6-12H2,1,3H3/t13-,14?,15?/m1/s1. The number of thioether (sulfide) groups is 1. The van der Waals surface area contributed by atoms with Crippen molar-refractivity contribution >= 4 is 11.8 Å². The highest BCUT2D eigenvalue weighted by Gasteiger charge is 2.59. The Morgan fingerprint density at radius 2 is 2.24 bits per heavy atom. The summed E-state index contributed by atoms with van der Waals surface area (Å²) in [7, 11) is 0. The first kappa shape index (κ1) is 13.5. The van der Waals surface area contributed by atoms with Crippen LogP contribution in [0.25, 0.3) is 0 Å². The molecule has 0 spiro atoms. The first-order valence-electron chi connectivity index (χ1n) is 7.11. The number of fused-ring (bicyclic) bond motifs is 1. The molecular formula is C15H26OS. The Kier molecular flexibility index (Phi) is 4.25. The van der Waals surface area contributed by atoms with E-state index < -0.39 is 0 Å². The number of allylic oxidation sites excluding steroid dienone is 1. The van der Waals surface area contributed by atoms with Crippen molar-refractivity contribution in [3.05, 3.63) is 12.7 Å². The van der Waals surface area contributed by atoms with Crippen molar-refractivity contribution in [3.63, 3.8) is 0 Å². The van der Waals surface area contributed by atoms with E-state index in [4.69, 9.17) is 4.74 Å². The highest BCUT2D eigenvalue weighted by Crippen LogP contribution is 2.63. The van der Waals surface area contributed by atoms with Gasteiger partial charge in [0, 0.05) is 17.3 Å². The van der Waals surface area contributed by atoms with Crippen LogP contribution in [0.2, 0.25) is 0 Å². The van der Waals surface area contributed by atoms with Gasteiger partial charge in [-0.25, -0.2) is 0 Å². The van der Waals surface area contributed by atoms with E-state index in [1.54, 1.807) is 0 Å². The maximum absolute atomic E-state index is 6.25. The van der Waals surface area contributed by atoms with E-state index in [1.807, 2.05) is 0 Å². The first-order chi connectivity index (χ1) is 8.18. The van der Waals surface area contributed by atoms with Gasteiger partial charge in [-0.15, -0.1) is 18.3 Å². The lowest BCUT2D eigenvalue weighted by Gasteiger charge is -2.40. The average molecular weight is 254 g/mol. The summed E-state index contributed by atoms with van der Waals surface area (Å²) in [6, 6.07) is 0. The predicted octanol–water partition coefficient (Wildman–Crippen LogP) is 4.77. The molecular weight excluding hydrogens is 228 g/mol. The third-order valence-corrected chi connectivity index (χ3v) is 6.28. The van der Waals surface area contributed by atoms with Crippen molar-refractivity contribution in [1.82, 2.24) is 0 Å². The third kappa shape index (κ3) is 2.31. The minimum Gasteiger partial charge on any atom is -0.364 e. The molecule has 0 aromatic rings. The van der Waals surface area contributed by atoms with Crippen molar-refractivity contribution in [2.24, 2.45) is 5.41 Å². The maximum Gasteiger partial charge on any atom is 0.119 e. The van der Waals surface area contributed by atoms with E-state index in [1.165, 1.54) is 38.5 Å². The lowest BCUT2D eigenvalue weighted by molar-refractivity contribution is 0.0382. The zero-order valence-electron chi connectivity index (χ0n) is 11.3. The van der Waals surface area contributed by atoms with E-state index >= 15 is 0 Å². The molecule has 1 nitrogen and oxygen atoms in total. The van der Waals surface area contributed by atoms with Crippen molar-refractivity contribution in [2.75, 3.05) is 6.61 Å². The van der Waals surface area contributed by atoms with Crippen LogP contribution < -0.4 is 0 Å². The molecule has 2 unspecified atom stereocenters. The monoisotopic (exact) mass is 254 g/mol. The average Bonchev–Trinajstić information content (AvgIpc) is 2.73. The van der Waals surface area contributed by atoms with E-state index in [0.717, 1.165) is 18.3 Å². The Morgan fingerprint density at radius 3 is 2.94 bits per heavy atom. The number of hydrogen-bond acceptors (Lipinski definition) is 2. The Balaban J connectivity index is 2.12. The molecule has 1 aliphatic carbocycles. The van der Waals surface area contributed by atoms with Gasteiger partial charge >= 0.3 is 0 Å². The predicted molar refractivity (Wildman–Crippen MR) is 76.4 cm³/mol. The molecule has 2 heteroatoms. The van der Waals surface area contributed by atoms with Gasteiger partial charge in [-0.3, -0.25) is 0 Å². The van der Waals surface area contributed by atoms with Crippen LogP contribution in [0.4, 0.5) is 0 Å². The molecule has 98 valence electrons. The molecule has 2 rings (SSSR count). The molecule has 17 heavy (non-hydrogen) atoms. The topological polar surface area (TPSA) is 9.23 Å². The summed E-state index contributed by atoms with van der Waals surface area (Å²) < 4.78 is 6.25. The number of ether oxygens (including phenoxy) is 1. The highest BCUT2D eigenvalue weighted by molar-refractivity contribution is 8.01. The molecule has 0 aromatic carbocycles. The molecule has 0 aromatic heterocycles. The second-order valence-corrected chi connectivity index (χ2v) is 7.40. The van der Waals surface area contributed by atoms with Gasteiger partial charge in [0.05, 0.1) is 0 Å². The van der Waals surface area contributed by atoms with Gasteiger partial charge < -0.3 is 4.74 Å². The molecule has 0 bridgehead atoms. The van der Waals surface area contributed by atoms with Gasteiger partial charge in [-0.2, -0.15) is 0 Å². The molecule has 1 aliphatic heterocycles. The summed E-state index contributed by atoms with van der Waals surface area (Å²) in [4.78, 5) is 0.121. The van der Waals surface area contributed by atoms with Crippen LogP contribution in [-0.2, 0) is 4.74 Å². The summed E-state index contributed by atoms with van der Waals surface area (Å²) in [5, 5.41) is 0.723. The fourth-order valence-electron chi connectivity index (χ4n) is 3.71. The third-order valence-electron chi connectivity index (χ3n) is 4.51. The Hall–Kier alpha value is 0.0500. The van der Waals surface area contributed by atoms with Crippen LogP contribution in [-0.4, -0.2) is 16.8 Å². The number of hydrogen-bond donors (Lipinski definition) is 0. The lowest BCUT2D eigenvalue weighted by Crippen LogP contribution is -2.38. The smallest absolute Gasteiger partial charge is 0.119 e. The Labute approximate surface area is 110 Å². The van der Waals surface area contributed by atoms with Crippen molar-refractivity contribution in [1.29, 1.82) is 0 Å². The van der Waals surface area contributed by atoms with Gasteiger partial charge in [-0.1, -0.05) is 26.3 Å². The summed E-state index contributed by atoms with van der Waals surface area (Å²) in [6.45, 7) is 9.56. The van der Waals surface area contributed by atoms with E-state index in [9.17, 15) is 0 Å². The highest BCUT2D eigenvalue weighted by atomic mass is 32.2. The largest absolute Gasteiger partial charge is 0.364 e. The molecule has 2 aliphatic rings. The van der Waals surface area contributed by atoms with Gasteiger partial charge in [0.2, 0.25) is 0 Å². The normalized spacial score (nSPS) is 38.0. The first-order valence-corrected chi connectivity index (χ1v) is 7.99. The fraction of sp³-hybridized carbons (Fsp3) is 0.867. The SMILES string of the molecule is C=CCC12CCCC1(S[C@H](C)CCC)OCC2. The van der Waals surface area contributed by atoms with Crippen LogP contribution in [0, 0.1) is 5.41 Å². The van der Waals surface area contributed by atoms with Crippen molar-refractivity contribution < 1.29 is 4.74 Å². The fourth-order valence-corrected chi connectivity index (χ4v) is 5.67. The quantitative estimate of drug-likeness (QED) is 0.631. The van der Waals surface area contributed by atoms with Crippen molar-refractivity contribution in [3.8, 4) is 0 Å². The summed E-state index contributed by atoms with van der Waals surface area (Å²) in [5.41, 5.74) is 0.404. The molecule has 3 atom stereocenters. The van der Waals surface area contributed by atoms with Gasteiger partial charge in [0.15, 0.2) is 0 Å². The van der Waals surface area contributed by atoms with Gasteiger partial charge in [0.25, 0.3) is 0 Å². The van der Waals surface area contributed by atoms with Crippen LogP contribution >= 0.6 is 11.8 Å². The molecule has 0 radical (unpaired) electrons. The molecule has 2 fully saturated rings. The van der Waals surface area contributed by atoms with Crippen LogP contribution in [0.5, 0.6) is 0 Å². The maximum atomic E-state index is 6.25.